The molecule has 120 valence electrons. The smallest absolute Gasteiger partial charge is 0.306 e. The summed E-state index contributed by atoms with van der Waals surface area (Å²) in [5, 5.41) is 18.0. The minimum Gasteiger partial charge on any atom is -0.481 e. The Morgan fingerprint density at radius 3 is 2.70 bits per heavy atom. The predicted octanol–water partition coefficient (Wildman–Crippen LogP) is 1.79. The molecule has 0 aromatic heterocycles. The molecule has 0 saturated carbocycles. The first-order valence-electron chi connectivity index (χ1n) is 7.88. The Morgan fingerprint density at radius 2 is 2.04 bits per heavy atom. The van der Waals surface area contributed by atoms with Crippen LogP contribution in [0.25, 0.3) is 0 Å². The molecule has 0 radical (unpaired) electrons. The van der Waals surface area contributed by atoms with Crippen LogP contribution >= 0.6 is 0 Å². The zero-order chi connectivity index (χ0) is 16.4. The van der Waals surface area contributed by atoms with Crippen molar-refractivity contribution in [1.29, 1.82) is 5.26 Å². The zero-order valence-corrected chi connectivity index (χ0v) is 12.9. The average Bonchev–Trinajstić information content (AvgIpc) is 2.57. The third kappa shape index (κ3) is 3.00. The molecule has 0 aliphatic carbocycles. The maximum Gasteiger partial charge on any atom is 0.306 e. The minimum absolute atomic E-state index is 0.00549. The Labute approximate surface area is 134 Å². The highest BCUT2D eigenvalue weighted by Crippen LogP contribution is 2.32. The number of nitriles is 1. The average molecular weight is 313 g/mol. The number of aryl methyl sites for hydroxylation is 1. The van der Waals surface area contributed by atoms with Crippen LogP contribution in [-0.4, -0.2) is 36.6 Å². The van der Waals surface area contributed by atoms with Crippen molar-refractivity contribution in [3.63, 3.8) is 0 Å². The van der Waals surface area contributed by atoms with Crippen LogP contribution < -0.4 is 9.80 Å². The molecule has 1 aromatic rings. The van der Waals surface area contributed by atoms with Crippen LogP contribution in [-0.2, 0) is 16.0 Å². The lowest BCUT2D eigenvalue weighted by Gasteiger charge is -2.34. The molecular formula is C17H19N3O3. The number of amides is 1. The summed E-state index contributed by atoms with van der Waals surface area (Å²) in [5.74, 6) is -0.956. The van der Waals surface area contributed by atoms with Crippen LogP contribution in [0.15, 0.2) is 18.2 Å². The van der Waals surface area contributed by atoms with Gasteiger partial charge in [-0.2, -0.15) is 5.26 Å². The summed E-state index contributed by atoms with van der Waals surface area (Å²) in [6.45, 7) is 1.54. The van der Waals surface area contributed by atoms with Gasteiger partial charge >= 0.3 is 5.97 Å². The van der Waals surface area contributed by atoms with Crippen LogP contribution in [0.4, 0.5) is 11.4 Å². The third-order valence-electron chi connectivity index (χ3n) is 4.70. The Bertz CT molecular complexity index is 672. The Hall–Kier alpha value is -2.55. The molecule has 2 aliphatic rings. The summed E-state index contributed by atoms with van der Waals surface area (Å²) in [4.78, 5) is 26.7. The van der Waals surface area contributed by atoms with Gasteiger partial charge in [-0.25, -0.2) is 0 Å². The van der Waals surface area contributed by atoms with Gasteiger partial charge < -0.3 is 10.0 Å². The molecule has 3 rings (SSSR count). The van der Waals surface area contributed by atoms with Crippen molar-refractivity contribution in [2.45, 2.75) is 25.7 Å². The Morgan fingerprint density at radius 1 is 1.30 bits per heavy atom. The SMILES string of the molecule is N#CCN1C(=O)CCc2cc(N3CCC(C(=O)O)CC3)ccc21. The molecule has 2 heterocycles. The van der Waals surface area contributed by atoms with Gasteiger partial charge in [0.05, 0.1) is 12.0 Å². The van der Waals surface area contributed by atoms with E-state index in [1.54, 1.807) is 4.90 Å². The number of carboxylic acids is 1. The molecule has 2 aliphatic heterocycles. The monoisotopic (exact) mass is 313 g/mol. The summed E-state index contributed by atoms with van der Waals surface area (Å²) in [5.41, 5.74) is 2.98. The highest BCUT2D eigenvalue weighted by Gasteiger charge is 2.27. The van der Waals surface area contributed by atoms with Crippen molar-refractivity contribution >= 4 is 23.3 Å². The molecule has 23 heavy (non-hydrogen) atoms. The summed E-state index contributed by atoms with van der Waals surface area (Å²) in [6, 6.07) is 7.98. The van der Waals surface area contributed by atoms with Crippen LogP contribution in [0, 0.1) is 17.2 Å². The molecule has 0 spiro atoms. The number of fused-ring (bicyclic) bond motifs is 1. The van der Waals surface area contributed by atoms with E-state index in [4.69, 9.17) is 10.4 Å². The van der Waals surface area contributed by atoms with E-state index in [9.17, 15) is 9.59 Å². The summed E-state index contributed by atoms with van der Waals surface area (Å²) in [7, 11) is 0. The maximum atomic E-state index is 11.9. The number of rotatable bonds is 3. The second-order valence-corrected chi connectivity index (χ2v) is 6.05. The molecule has 1 N–H and O–H groups in total. The van der Waals surface area contributed by atoms with E-state index in [0.29, 0.717) is 25.7 Å². The fourth-order valence-electron chi connectivity index (χ4n) is 3.37. The normalized spacial score (nSPS) is 18.5. The Kier molecular flexibility index (Phi) is 4.20. The van der Waals surface area contributed by atoms with Gasteiger partial charge in [-0.3, -0.25) is 14.5 Å². The van der Waals surface area contributed by atoms with Crippen LogP contribution in [0.1, 0.15) is 24.8 Å². The first-order valence-corrected chi connectivity index (χ1v) is 7.88. The Balaban J connectivity index is 1.78. The number of carboxylic acid groups (broad SMARTS) is 1. The molecular weight excluding hydrogens is 294 g/mol. The van der Waals surface area contributed by atoms with Crippen molar-refractivity contribution in [2.24, 2.45) is 5.92 Å². The fraction of sp³-hybridized carbons (Fsp3) is 0.471. The van der Waals surface area contributed by atoms with E-state index >= 15 is 0 Å². The van der Waals surface area contributed by atoms with Gasteiger partial charge in [-0.05, 0) is 43.0 Å². The molecule has 1 aromatic carbocycles. The lowest BCUT2D eigenvalue weighted by Crippen LogP contribution is -2.37. The maximum absolute atomic E-state index is 11.9. The third-order valence-corrected chi connectivity index (χ3v) is 4.70. The molecule has 1 fully saturated rings. The first kappa shape index (κ1) is 15.3. The highest BCUT2D eigenvalue weighted by atomic mass is 16.4. The van der Waals surface area contributed by atoms with Gasteiger partial charge in [0.25, 0.3) is 0 Å². The van der Waals surface area contributed by atoms with Gasteiger partial charge in [0.2, 0.25) is 5.91 Å². The van der Waals surface area contributed by atoms with Crippen LogP contribution in [0.3, 0.4) is 0 Å². The van der Waals surface area contributed by atoms with E-state index in [-0.39, 0.29) is 18.4 Å². The van der Waals surface area contributed by atoms with Gasteiger partial charge in [0, 0.05) is 30.9 Å². The molecule has 6 heteroatoms. The molecule has 6 nitrogen and oxygen atoms in total. The van der Waals surface area contributed by atoms with E-state index in [1.165, 1.54) is 0 Å². The summed E-state index contributed by atoms with van der Waals surface area (Å²) in [6.07, 6.45) is 2.44. The van der Waals surface area contributed by atoms with E-state index in [0.717, 1.165) is 30.0 Å². The minimum atomic E-state index is -0.708. The molecule has 1 saturated heterocycles. The van der Waals surface area contributed by atoms with Crippen LogP contribution in [0.5, 0.6) is 0 Å². The number of carbonyl (C=O) groups is 2. The lowest BCUT2D eigenvalue weighted by atomic mass is 9.95. The van der Waals surface area contributed by atoms with Crippen molar-refractivity contribution in [3.05, 3.63) is 23.8 Å². The lowest BCUT2D eigenvalue weighted by molar-refractivity contribution is -0.142. The van der Waals surface area contributed by atoms with Crippen molar-refractivity contribution < 1.29 is 14.7 Å². The molecule has 0 bridgehead atoms. The quantitative estimate of drug-likeness (QED) is 0.860. The van der Waals surface area contributed by atoms with Crippen molar-refractivity contribution in [3.8, 4) is 6.07 Å². The van der Waals surface area contributed by atoms with Crippen molar-refractivity contribution in [1.82, 2.24) is 0 Å². The second kappa shape index (κ2) is 6.29. The van der Waals surface area contributed by atoms with Crippen LogP contribution in [0.2, 0.25) is 0 Å². The number of benzene rings is 1. The number of carbonyl (C=O) groups excluding carboxylic acids is 1. The number of hydrogen-bond donors (Lipinski definition) is 1. The number of piperidine rings is 1. The molecule has 0 atom stereocenters. The fourth-order valence-corrected chi connectivity index (χ4v) is 3.37. The van der Waals surface area contributed by atoms with E-state index in [1.807, 2.05) is 18.2 Å². The predicted molar refractivity (Wildman–Crippen MR) is 85.3 cm³/mol. The van der Waals surface area contributed by atoms with Gasteiger partial charge in [-0.1, -0.05) is 0 Å². The highest BCUT2D eigenvalue weighted by molar-refractivity contribution is 5.97. The molecule has 0 unspecified atom stereocenters. The number of hydrogen-bond acceptors (Lipinski definition) is 4. The van der Waals surface area contributed by atoms with E-state index in [2.05, 4.69) is 11.0 Å². The van der Waals surface area contributed by atoms with Crippen molar-refractivity contribution in [2.75, 3.05) is 29.4 Å². The van der Waals surface area contributed by atoms with Gasteiger partial charge in [-0.15, -0.1) is 0 Å². The summed E-state index contributed by atoms with van der Waals surface area (Å²) < 4.78 is 0. The van der Waals surface area contributed by atoms with E-state index < -0.39 is 5.97 Å². The largest absolute Gasteiger partial charge is 0.481 e. The number of aliphatic carboxylic acids is 1. The zero-order valence-electron chi connectivity index (χ0n) is 12.9. The van der Waals surface area contributed by atoms with Gasteiger partial charge in [0.1, 0.15) is 6.54 Å². The number of nitrogens with zero attached hydrogens (tertiary/aromatic N) is 3. The molecule has 1 amide bonds. The number of anilines is 2. The first-order chi connectivity index (χ1) is 11.1. The summed E-state index contributed by atoms with van der Waals surface area (Å²) >= 11 is 0. The second-order valence-electron chi connectivity index (χ2n) is 6.05. The van der Waals surface area contributed by atoms with Gasteiger partial charge in [0.15, 0.2) is 0 Å². The standard InChI is InChI=1S/C17H19N3O3/c18-7-10-20-15-3-2-14(11-13(15)1-4-16(20)21)19-8-5-12(6-9-19)17(22)23/h2-3,11-12H,1,4-6,8-10H2,(H,22,23). The topological polar surface area (TPSA) is 84.6 Å².